The van der Waals surface area contributed by atoms with Crippen molar-refractivity contribution < 1.29 is 9.59 Å². The summed E-state index contributed by atoms with van der Waals surface area (Å²) in [4.78, 5) is 29.8. The average molecular weight is 448 g/mol. The van der Waals surface area contributed by atoms with Crippen LogP contribution in [0.5, 0.6) is 0 Å². The summed E-state index contributed by atoms with van der Waals surface area (Å²) in [6.45, 7) is 11.8. The Balaban J connectivity index is 1.73. The van der Waals surface area contributed by atoms with Crippen LogP contribution in [0, 0.1) is 6.92 Å². The number of benzene rings is 2. The first-order valence-corrected chi connectivity index (χ1v) is 11.4. The van der Waals surface area contributed by atoms with Crippen LogP contribution in [0.4, 0.5) is 11.4 Å². The second kappa shape index (κ2) is 8.17. The van der Waals surface area contributed by atoms with E-state index < -0.39 is 11.8 Å². The zero-order valence-electron chi connectivity index (χ0n) is 19.2. The number of nitrogens with one attached hydrogen (secondary N) is 1. The monoisotopic (exact) mass is 447 g/mol. The summed E-state index contributed by atoms with van der Waals surface area (Å²) in [7, 11) is 0. The molecule has 2 aromatic carbocycles. The first-order valence-electron chi connectivity index (χ1n) is 11.0. The smallest absolute Gasteiger partial charge is 0.270 e. The van der Waals surface area contributed by atoms with Gasteiger partial charge in [0.2, 0.25) is 0 Å². The number of thiocarbonyl (C=S) groups is 1. The van der Waals surface area contributed by atoms with E-state index in [0.717, 1.165) is 24.1 Å². The summed E-state index contributed by atoms with van der Waals surface area (Å²) >= 11 is 5.31. The Morgan fingerprint density at radius 2 is 1.94 bits per heavy atom. The number of carbonyl (C=O) groups excluding carboxylic acids is 2. The van der Waals surface area contributed by atoms with E-state index in [0.29, 0.717) is 11.6 Å². The SMILES string of the molecule is CCN1c2ccc(/C=C3\C(=O)NC(=S)N(c4cccc(C)c4)C3=O)cc2[C@@H](C)CC1(C)C. The van der Waals surface area contributed by atoms with E-state index in [2.05, 4.69) is 50.0 Å². The first-order chi connectivity index (χ1) is 15.1. The topological polar surface area (TPSA) is 52.7 Å². The molecule has 2 heterocycles. The van der Waals surface area contributed by atoms with Gasteiger partial charge in [0.1, 0.15) is 5.57 Å². The summed E-state index contributed by atoms with van der Waals surface area (Å²) in [5.74, 6) is -0.495. The zero-order chi connectivity index (χ0) is 23.2. The second-order valence-electron chi connectivity index (χ2n) is 9.28. The average Bonchev–Trinajstić information content (AvgIpc) is 2.71. The van der Waals surface area contributed by atoms with Gasteiger partial charge in [0.05, 0.1) is 5.69 Å². The number of aryl methyl sites for hydroxylation is 1. The molecule has 0 radical (unpaired) electrons. The molecule has 2 aliphatic rings. The van der Waals surface area contributed by atoms with Crippen LogP contribution in [0.3, 0.4) is 0 Å². The van der Waals surface area contributed by atoms with Crippen LogP contribution < -0.4 is 15.1 Å². The van der Waals surface area contributed by atoms with Crippen molar-refractivity contribution in [3.63, 3.8) is 0 Å². The summed E-state index contributed by atoms with van der Waals surface area (Å²) in [6.07, 6.45) is 2.72. The van der Waals surface area contributed by atoms with E-state index in [1.165, 1.54) is 16.2 Å². The minimum absolute atomic E-state index is 0.0798. The van der Waals surface area contributed by atoms with Crippen LogP contribution in [0.25, 0.3) is 6.08 Å². The van der Waals surface area contributed by atoms with E-state index in [-0.39, 0.29) is 16.2 Å². The standard InChI is InChI=1S/C26H29N3O2S/c1-6-28-22-11-10-18(13-20(22)17(3)15-26(28,4)5)14-21-23(30)27-25(32)29(24(21)31)19-9-7-8-16(2)12-19/h7-14,17H,6,15H2,1-5H3,(H,27,30,32)/b21-14+/t17-/m0/s1. The molecule has 2 aliphatic heterocycles. The molecule has 32 heavy (non-hydrogen) atoms. The Morgan fingerprint density at radius 1 is 1.19 bits per heavy atom. The summed E-state index contributed by atoms with van der Waals surface area (Å²) in [5, 5.41) is 2.77. The molecular formula is C26H29N3O2S. The first kappa shape index (κ1) is 22.2. The van der Waals surface area contributed by atoms with Crippen LogP contribution in [0.1, 0.15) is 56.7 Å². The molecule has 0 aromatic heterocycles. The fourth-order valence-electron chi connectivity index (χ4n) is 5.02. The maximum absolute atomic E-state index is 13.3. The maximum Gasteiger partial charge on any atom is 0.270 e. The molecule has 5 nitrogen and oxygen atoms in total. The normalized spacial score (nSPS) is 21.6. The van der Waals surface area contributed by atoms with Gasteiger partial charge < -0.3 is 4.90 Å². The van der Waals surface area contributed by atoms with Crippen molar-refractivity contribution in [3.05, 3.63) is 64.7 Å². The van der Waals surface area contributed by atoms with Crippen LogP contribution in [-0.4, -0.2) is 29.0 Å². The molecule has 1 N–H and O–H groups in total. The van der Waals surface area contributed by atoms with Crippen molar-refractivity contribution in [1.29, 1.82) is 0 Å². The van der Waals surface area contributed by atoms with Crippen molar-refractivity contribution in [2.45, 2.75) is 52.5 Å². The molecule has 1 atom stereocenters. The Labute approximate surface area is 195 Å². The molecule has 0 unspecified atom stereocenters. The van der Waals surface area contributed by atoms with Gasteiger partial charge in [0.15, 0.2) is 5.11 Å². The lowest BCUT2D eigenvalue weighted by Crippen LogP contribution is -2.54. The van der Waals surface area contributed by atoms with Crippen LogP contribution in [0.15, 0.2) is 48.0 Å². The van der Waals surface area contributed by atoms with Gasteiger partial charge in [0.25, 0.3) is 11.8 Å². The molecule has 2 aromatic rings. The van der Waals surface area contributed by atoms with Crippen molar-refractivity contribution in [1.82, 2.24) is 5.32 Å². The minimum Gasteiger partial charge on any atom is -0.366 e. The maximum atomic E-state index is 13.3. The Hall–Kier alpha value is -2.99. The third kappa shape index (κ3) is 3.84. The van der Waals surface area contributed by atoms with E-state index in [4.69, 9.17) is 12.2 Å². The highest BCUT2D eigenvalue weighted by Gasteiger charge is 2.36. The summed E-state index contributed by atoms with van der Waals surface area (Å²) in [6, 6.07) is 13.7. The number of carbonyl (C=O) groups is 2. The van der Waals surface area contributed by atoms with Gasteiger partial charge in [-0.05, 0) is 99.3 Å². The number of rotatable bonds is 3. The summed E-state index contributed by atoms with van der Waals surface area (Å²) < 4.78 is 0. The van der Waals surface area contributed by atoms with E-state index in [9.17, 15) is 9.59 Å². The number of fused-ring (bicyclic) bond motifs is 1. The fourth-order valence-corrected chi connectivity index (χ4v) is 5.30. The fraction of sp³-hybridized carbons (Fsp3) is 0.346. The van der Waals surface area contributed by atoms with Crippen LogP contribution in [-0.2, 0) is 9.59 Å². The lowest BCUT2D eigenvalue weighted by Gasteiger charge is -2.47. The van der Waals surface area contributed by atoms with Crippen molar-refractivity contribution >= 4 is 46.6 Å². The third-order valence-corrected chi connectivity index (χ3v) is 6.68. The number of hydrogen-bond acceptors (Lipinski definition) is 4. The third-order valence-electron chi connectivity index (χ3n) is 6.40. The number of anilines is 2. The van der Waals surface area contributed by atoms with Crippen molar-refractivity contribution in [2.24, 2.45) is 0 Å². The number of hydrogen-bond donors (Lipinski definition) is 1. The van der Waals surface area contributed by atoms with E-state index >= 15 is 0 Å². The lowest BCUT2D eigenvalue weighted by molar-refractivity contribution is -0.122. The lowest BCUT2D eigenvalue weighted by atomic mass is 9.79. The van der Waals surface area contributed by atoms with Gasteiger partial charge in [0, 0.05) is 17.8 Å². The summed E-state index contributed by atoms with van der Waals surface area (Å²) in [5.41, 5.74) is 5.12. The van der Waals surface area contributed by atoms with Crippen molar-refractivity contribution in [2.75, 3.05) is 16.3 Å². The Bertz CT molecular complexity index is 1150. The highest BCUT2D eigenvalue weighted by molar-refractivity contribution is 7.80. The van der Waals surface area contributed by atoms with E-state index in [1.807, 2.05) is 37.3 Å². The number of amides is 2. The molecule has 1 fully saturated rings. The molecule has 166 valence electrons. The molecule has 6 heteroatoms. The highest BCUT2D eigenvalue weighted by atomic mass is 32.1. The van der Waals surface area contributed by atoms with Gasteiger partial charge >= 0.3 is 0 Å². The van der Waals surface area contributed by atoms with E-state index in [1.54, 1.807) is 6.08 Å². The van der Waals surface area contributed by atoms with Gasteiger partial charge in [-0.1, -0.05) is 25.1 Å². The predicted molar refractivity (Wildman–Crippen MR) is 134 cm³/mol. The molecular weight excluding hydrogens is 418 g/mol. The second-order valence-corrected chi connectivity index (χ2v) is 9.66. The number of nitrogens with zero attached hydrogens (tertiary/aromatic N) is 2. The van der Waals surface area contributed by atoms with Gasteiger partial charge in [-0.3, -0.25) is 19.8 Å². The van der Waals surface area contributed by atoms with Gasteiger partial charge in [-0.25, -0.2) is 0 Å². The van der Waals surface area contributed by atoms with Crippen LogP contribution in [0.2, 0.25) is 0 Å². The molecule has 2 amide bonds. The zero-order valence-corrected chi connectivity index (χ0v) is 20.0. The largest absolute Gasteiger partial charge is 0.366 e. The van der Waals surface area contributed by atoms with Gasteiger partial charge in [-0.15, -0.1) is 0 Å². The Morgan fingerprint density at radius 3 is 2.62 bits per heavy atom. The molecule has 1 saturated heterocycles. The quantitative estimate of drug-likeness (QED) is 0.411. The minimum atomic E-state index is -0.467. The molecule has 0 spiro atoms. The molecule has 0 saturated carbocycles. The molecule has 0 aliphatic carbocycles. The molecule has 0 bridgehead atoms. The highest BCUT2D eigenvalue weighted by Crippen LogP contribution is 2.43. The molecule has 4 rings (SSSR count). The van der Waals surface area contributed by atoms with Crippen molar-refractivity contribution in [3.8, 4) is 0 Å². The van der Waals surface area contributed by atoms with Crippen LogP contribution >= 0.6 is 12.2 Å². The Kier molecular flexibility index (Phi) is 5.67. The van der Waals surface area contributed by atoms with Gasteiger partial charge in [-0.2, -0.15) is 0 Å². The predicted octanol–water partition coefficient (Wildman–Crippen LogP) is 4.94.